The molecule has 6 heteroatoms. The van der Waals surface area contributed by atoms with E-state index in [0.717, 1.165) is 29.7 Å². The van der Waals surface area contributed by atoms with Crippen molar-refractivity contribution in [3.63, 3.8) is 0 Å². The Morgan fingerprint density at radius 2 is 0.897 bits per heavy atom. The summed E-state index contributed by atoms with van der Waals surface area (Å²) in [6, 6.07) is 0.730. The van der Waals surface area contributed by atoms with Gasteiger partial charge in [-0.15, -0.1) is 0 Å². The van der Waals surface area contributed by atoms with Crippen molar-refractivity contribution in [2.75, 3.05) is 93.6 Å². The Morgan fingerprint density at radius 1 is 0.487 bits per heavy atom. The lowest BCUT2D eigenvalue weighted by atomic mass is 9.87. The zero-order chi connectivity index (χ0) is 29.5. The molecule has 0 bridgehead atoms. The number of rotatable bonds is 5. The third-order valence-corrected chi connectivity index (χ3v) is 9.14. The average Bonchev–Trinajstić information content (AvgIpc) is 2.85. The van der Waals surface area contributed by atoms with E-state index in [2.05, 4.69) is 108 Å². The lowest BCUT2D eigenvalue weighted by Gasteiger charge is -2.38. The molecule has 0 aliphatic carbocycles. The Bertz CT molecular complexity index is 543. The van der Waals surface area contributed by atoms with E-state index in [0.29, 0.717) is 12.2 Å². The standard InChI is InChI=1S/C9H19NO.C9H19N.C8H18N2.C7H15N/c1-8(2)11-9-4-6-10(3)7-5-9;1-8(2)9-4-6-10(3)7-5-9;1-8(2)10-6-4-9(3)5-7-10;1-6(2)7-4-8(3)5-7/h8-9H,4-7H2,1-3H3;8-9H,4-7H2,1-3H3;8H,4-7H2,1-3H3;6-7H,4-5H2,1-3H3. The first kappa shape index (κ1) is 36.8. The van der Waals surface area contributed by atoms with Gasteiger partial charge in [-0.3, -0.25) is 4.90 Å². The number of likely N-dealkylation sites (N-methyl/N-ethyl adjacent to an activating group) is 1. The van der Waals surface area contributed by atoms with Crippen LogP contribution in [0.2, 0.25) is 0 Å². The highest BCUT2D eigenvalue weighted by Gasteiger charge is 2.25. The van der Waals surface area contributed by atoms with Crippen LogP contribution in [0.3, 0.4) is 0 Å². The van der Waals surface area contributed by atoms with Crippen LogP contribution < -0.4 is 0 Å². The zero-order valence-electron chi connectivity index (χ0n) is 28.6. The predicted molar refractivity (Wildman–Crippen MR) is 172 cm³/mol. The fraction of sp³-hybridized carbons (Fsp3) is 1.00. The maximum atomic E-state index is 5.71. The Morgan fingerprint density at radius 3 is 1.23 bits per heavy atom. The highest BCUT2D eigenvalue weighted by atomic mass is 16.5. The van der Waals surface area contributed by atoms with Gasteiger partial charge in [0, 0.05) is 58.4 Å². The van der Waals surface area contributed by atoms with E-state index < -0.39 is 0 Å². The van der Waals surface area contributed by atoms with Gasteiger partial charge in [-0.1, -0.05) is 27.7 Å². The maximum absolute atomic E-state index is 5.71. The topological polar surface area (TPSA) is 25.4 Å². The van der Waals surface area contributed by atoms with E-state index in [4.69, 9.17) is 4.74 Å². The summed E-state index contributed by atoms with van der Waals surface area (Å²) in [6.45, 7) is 30.6. The molecule has 0 unspecified atom stereocenters. The zero-order valence-corrected chi connectivity index (χ0v) is 28.6. The molecule has 4 heterocycles. The second kappa shape index (κ2) is 19.8. The van der Waals surface area contributed by atoms with Crippen LogP contribution in [0.5, 0.6) is 0 Å². The molecular formula is C33H71N5O. The monoisotopic (exact) mass is 554 g/mol. The van der Waals surface area contributed by atoms with Crippen molar-refractivity contribution < 1.29 is 4.74 Å². The SMILES string of the molecule is CC(C)C1CCN(C)CC1.CC(C)C1CN(C)C1.CC(C)N1CCN(C)CC1.CC(C)OC1CCN(C)CC1. The van der Waals surface area contributed by atoms with Crippen molar-refractivity contribution in [2.45, 2.75) is 99.3 Å². The minimum Gasteiger partial charge on any atom is -0.375 e. The fourth-order valence-electron chi connectivity index (χ4n) is 5.71. The van der Waals surface area contributed by atoms with Gasteiger partial charge in [-0.25, -0.2) is 0 Å². The van der Waals surface area contributed by atoms with Crippen molar-refractivity contribution in [3.05, 3.63) is 0 Å². The molecule has 4 fully saturated rings. The van der Waals surface area contributed by atoms with E-state index in [-0.39, 0.29) is 0 Å². The van der Waals surface area contributed by atoms with Crippen molar-refractivity contribution in [1.29, 1.82) is 0 Å². The molecule has 0 N–H and O–H groups in total. The molecule has 4 rings (SSSR count). The molecule has 0 aromatic rings. The summed E-state index contributed by atoms with van der Waals surface area (Å²) in [4.78, 5) is 12.1. The van der Waals surface area contributed by atoms with E-state index in [1.165, 1.54) is 91.1 Å². The number of hydrogen-bond donors (Lipinski definition) is 0. The Labute approximate surface area is 245 Å². The summed E-state index contributed by atoms with van der Waals surface area (Å²) in [7, 11) is 8.76. The van der Waals surface area contributed by atoms with E-state index in [1.807, 2.05) is 0 Å². The molecule has 0 saturated carbocycles. The van der Waals surface area contributed by atoms with Gasteiger partial charge in [-0.2, -0.15) is 0 Å². The van der Waals surface area contributed by atoms with Crippen LogP contribution in [0.15, 0.2) is 0 Å². The summed E-state index contributed by atoms with van der Waals surface area (Å²) in [5.41, 5.74) is 0. The van der Waals surface area contributed by atoms with Crippen LogP contribution in [0, 0.1) is 23.7 Å². The highest BCUT2D eigenvalue weighted by Crippen LogP contribution is 2.23. The van der Waals surface area contributed by atoms with Crippen molar-refractivity contribution in [2.24, 2.45) is 23.7 Å². The Balaban J connectivity index is 0.000000261. The maximum Gasteiger partial charge on any atom is 0.0603 e. The number of likely N-dealkylation sites (tertiary alicyclic amines) is 3. The Kier molecular flexibility index (Phi) is 18.7. The van der Waals surface area contributed by atoms with Crippen molar-refractivity contribution in [3.8, 4) is 0 Å². The predicted octanol–water partition coefficient (Wildman–Crippen LogP) is 5.34. The van der Waals surface area contributed by atoms with Gasteiger partial charge in [0.25, 0.3) is 0 Å². The summed E-state index contributed by atoms with van der Waals surface area (Å²) >= 11 is 0. The van der Waals surface area contributed by atoms with E-state index in [9.17, 15) is 0 Å². The molecule has 0 aromatic carbocycles. The van der Waals surface area contributed by atoms with Crippen LogP contribution in [-0.4, -0.2) is 136 Å². The molecule has 6 nitrogen and oxygen atoms in total. The largest absolute Gasteiger partial charge is 0.375 e. The van der Waals surface area contributed by atoms with Crippen LogP contribution in [0.4, 0.5) is 0 Å². The average molecular weight is 554 g/mol. The number of piperazine rings is 1. The first-order chi connectivity index (χ1) is 18.3. The summed E-state index contributed by atoms with van der Waals surface area (Å²) in [5, 5.41) is 0. The van der Waals surface area contributed by atoms with Gasteiger partial charge >= 0.3 is 0 Å². The molecule has 0 spiro atoms. The molecule has 0 atom stereocenters. The summed E-state index contributed by atoms with van der Waals surface area (Å²) < 4.78 is 5.71. The fourth-order valence-corrected chi connectivity index (χ4v) is 5.71. The number of piperidine rings is 2. The van der Waals surface area contributed by atoms with Gasteiger partial charge in [0.15, 0.2) is 0 Å². The van der Waals surface area contributed by atoms with Crippen LogP contribution in [0.25, 0.3) is 0 Å². The summed E-state index contributed by atoms with van der Waals surface area (Å²) in [6.07, 6.45) is 6.14. The van der Waals surface area contributed by atoms with Gasteiger partial charge in [0.05, 0.1) is 12.2 Å². The van der Waals surface area contributed by atoms with Gasteiger partial charge in [0.1, 0.15) is 0 Å². The van der Waals surface area contributed by atoms with E-state index >= 15 is 0 Å². The molecule has 0 amide bonds. The number of nitrogens with zero attached hydrogens (tertiary/aromatic N) is 5. The molecule has 39 heavy (non-hydrogen) atoms. The van der Waals surface area contributed by atoms with Gasteiger partial charge in [-0.05, 0) is 118 Å². The van der Waals surface area contributed by atoms with Gasteiger partial charge < -0.3 is 24.3 Å². The second-order valence-corrected chi connectivity index (χ2v) is 14.2. The van der Waals surface area contributed by atoms with Crippen LogP contribution >= 0.6 is 0 Å². The minimum atomic E-state index is 0.392. The molecule has 4 saturated heterocycles. The number of hydrogen-bond acceptors (Lipinski definition) is 6. The third kappa shape index (κ3) is 16.7. The first-order valence-corrected chi connectivity index (χ1v) is 16.4. The second-order valence-electron chi connectivity index (χ2n) is 14.2. The van der Waals surface area contributed by atoms with E-state index in [1.54, 1.807) is 0 Å². The van der Waals surface area contributed by atoms with Crippen LogP contribution in [0.1, 0.15) is 81.1 Å². The molecule has 234 valence electrons. The lowest BCUT2D eigenvalue weighted by Crippen LogP contribution is -2.47. The highest BCUT2D eigenvalue weighted by molar-refractivity contribution is 4.78. The molecule has 0 aromatic heterocycles. The van der Waals surface area contributed by atoms with Crippen molar-refractivity contribution >= 4 is 0 Å². The summed E-state index contributed by atoms with van der Waals surface area (Å²) in [5.74, 6) is 3.77. The minimum absolute atomic E-state index is 0.392. The first-order valence-electron chi connectivity index (χ1n) is 16.4. The molecule has 4 aliphatic heterocycles. The normalized spacial score (nSPS) is 23.7. The van der Waals surface area contributed by atoms with Gasteiger partial charge in [0.2, 0.25) is 0 Å². The Hall–Kier alpha value is -0.240. The smallest absolute Gasteiger partial charge is 0.0603 e. The molecule has 0 radical (unpaired) electrons. The third-order valence-electron chi connectivity index (χ3n) is 9.14. The quantitative estimate of drug-likeness (QED) is 0.456. The van der Waals surface area contributed by atoms with Crippen LogP contribution in [-0.2, 0) is 4.74 Å². The molecule has 4 aliphatic rings. The molecular weight excluding hydrogens is 482 g/mol. The lowest BCUT2D eigenvalue weighted by molar-refractivity contribution is -0.0232. The van der Waals surface area contributed by atoms with Crippen molar-refractivity contribution in [1.82, 2.24) is 24.5 Å². The number of ether oxygens (including phenoxy) is 1.